The highest BCUT2D eigenvalue weighted by Crippen LogP contribution is 2.18. The van der Waals surface area contributed by atoms with E-state index in [0.717, 1.165) is 6.26 Å². The molecule has 2 rings (SSSR count). The number of nitrogens with zero attached hydrogens (tertiary/aromatic N) is 1. The highest BCUT2D eigenvalue weighted by molar-refractivity contribution is 7.90. The number of benzene rings is 2. The van der Waals surface area contributed by atoms with Crippen LogP contribution < -0.4 is 5.32 Å². The van der Waals surface area contributed by atoms with E-state index in [9.17, 15) is 18.0 Å². The van der Waals surface area contributed by atoms with Gasteiger partial charge in [0.15, 0.2) is 9.84 Å². The zero-order chi connectivity index (χ0) is 19.3. The zero-order valence-corrected chi connectivity index (χ0v) is 15.8. The molecule has 0 aliphatic rings. The SMILES string of the molecule is CCN(CC)C(=O)c1ccc(NC(=O)c2ccccc2S(C)(=O)=O)cc1. The van der Waals surface area contributed by atoms with Crippen LogP contribution in [0.5, 0.6) is 0 Å². The highest BCUT2D eigenvalue weighted by atomic mass is 32.2. The van der Waals surface area contributed by atoms with Crippen molar-refractivity contribution in [2.24, 2.45) is 0 Å². The first kappa shape index (κ1) is 19.7. The minimum absolute atomic E-state index is 0.0224. The van der Waals surface area contributed by atoms with Gasteiger partial charge in [-0.25, -0.2) is 8.42 Å². The average molecular weight is 374 g/mol. The van der Waals surface area contributed by atoms with E-state index in [1.165, 1.54) is 12.1 Å². The molecule has 0 unspecified atom stereocenters. The maximum absolute atomic E-state index is 12.5. The molecule has 1 N–H and O–H groups in total. The third-order valence-corrected chi connectivity index (χ3v) is 5.13. The van der Waals surface area contributed by atoms with E-state index >= 15 is 0 Å². The van der Waals surface area contributed by atoms with Crippen LogP contribution in [-0.4, -0.2) is 44.5 Å². The van der Waals surface area contributed by atoms with Crippen molar-refractivity contribution >= 4 is 27.3 Å². The summed E-state index contributed by atoms with van der Waals surface area (Å²) >= 11 is 0. The van der Waals surface area contributed by atoms with Gasteiger partial charge in [0.25, 0.3) is 11.8 Å². The van der Waals surface area contributed by atoms with E-state index in [1.54, 1.807) is 41.3 Å². The van der Waals surface area contributed by atoms with Crippen LogP contribution in [-0.2, 0) is 9.84 Å². The van der Waals surface area contributed by atoms with Gasteiger partial charge in [-0.2, -0.15) is 0 Å². The number of hydrogen-bond donors (Lipinski definition) is 1. The van der Waals surface area contributed by atoms with Crippen molar-refractivity contribution in [1.29, 1.82) is 0 Å². The highest BCUT2D eigenvalue weighted by Gasteiger charge is 2.18. The molecule has 138 valence electrons. The quantitative estimate of drug-likeness (QED) is 0.843. The molecule has 0 aliphatic carbocycles. The molecule has 0 aromatic heterocycles. The van der Waals surface area contributed by atoms with Crippen LogP contribution in [0.3, 0.4) is 0 Å². The third kappa shape index (κ3) is 4.49. The van der Waals surface area contributed by atoms with Gasteiger partial charge in [-0.15, -0.1) is 0 Å². The molecule has 0 aliphatic heterocycles. The Morgan fingerprint density at radius 2 is 1.54 bits per heavy atom. The summed E-state index contributed by atoms with van der Waals surface area (Å²) in [4.78, 5) is 26.4. The van der Waals surface area contributed by atoms with Crippen molar-refractivity contribution in [2.75, 3.05) is 24.7 Å². The molecule has 2 aromatic rings. The molecule has 6 nitrogen and oxygen atoms in total. The average Bonchev–Trinajstić information content (AvgIpc) is 2.62. The number of rotatable bonds is 6. The fraction of sp³-hybridized carbons (Fsp3) is 0.263. The summed E-state index contributed by atoms with van der Waals surface area (Å²) in [7, 11) is -3.52. The van der Waals surface area contributed by atoms with Crippen LogP contribution in [0.15, 0.2) is 53.4 Å². The first-order chi connectivity index (χ1) is 12.3. The van der Waals surface area contributed by atoms with Crippen LogP contribution in [0.1, 0.15) is 34.6 Å². The lowest BCUT2D eigenvalue weighted by Crippen LogP contribution is -2.30. The summed E-state index contributed by atoms with van der Waals surface area (Å²) in [5.41, 5.74) is 1.09. The van der Waals surface area contributed by atoms with Crippen molar-refractivity contribution in [3.8, 4) is 0 Å². The topological polar surface area (TPSA) is 83.6 Å². The summed E-state index contributed by atoms with van der Waals surface area (Å²) in [5, 5.41) is 2.67. The lowest BCUT2D eigenvalue weighted by molar-refractivity contribution is 0.0773. The normalized spacial score (nSPS) is 11.0. The number of sulfone groups is 1. The molecule has 0 fully saturated rings. The first-order valence-electron chi connectivity index (χ1n) is 8.27. The predicted octanol–water partition coefficient (Wildman–Crippen LogP) is 2.82. The molecule has 0 saturated carbocycles. The van der Waals surface area contributed by atoms with Crippen LogP contribution >= 0.6 is 0 Å². The van der Waals surface area contributed by atoms with Crippen molar-refractivity contribution in [2.45, 2.75) is 18.7 Å². The molecule has 0 bridgehead atoms. The minimum Gasteiger partial charge on any atom is -0.339 e. The van der Waals surface area contributed by atoms with Gasteiger partial charge in [0.2, 0.25) is 0 Å². The number of amides is 2. The third-order valence-electron chi connectivity index (χ3n) is 3.97. The van der Waals surface area contributed by atoms with Gasteiger partial charge >= 0.3 is 0 Å². The minimum atomic E-state index is -3.52. The molecule has 0 atom stereocenters. The van der Waals surface area contributed by atoms with Gasteiger partial charge in [0.1, 0.15) is 0 Å². The molecule has 26 heavy (non-hydrogen) atoms. The molecule has 0 heterocycles. The van der Waals surface area contributed by atoms with Crippen molar-refractivity contribution < 1.29 is 18.0 Å². The smallest absolute Gasteiger partial charge is 0.256 e. The van der Waals surface area contributed by atoms with Crippen molar-refractivity contribution in [3.05, 3.63) is 59.7 Å². The second kappa shape index (κ2) is 8.14. The number of carbonyl (C=O) groups excluding carboxylic acids is 2. The largest absolute Gasteiger partial charge is 0.339 e. The molecule has 0 saturated heterocycles. The number of hydrogen-bond acceptors (Lipinski definition) is 4. The second-order valence-corrected chi connectivity index (χ2v) is 7.76. The van der Waals surface area contributed by atoms with E-state index < -0.39 is 15.7 Å². The molecule has 2 aromatic carbocycles. The van der Waals surface area contributed by atoms with Crippen LogP contribution in [0, 0.1) is 0 Å². The summed E-state index contributed by atoms with van der Waals surface area (Å²) in [6, 6.07) is 12.6. The van der Waals surface area contributed by atoms with Gasteiger partial charge in [0, 0.05) is 30.6 Å². The van der Waals surface area contributed by atoms with Crippen LogP contribution in [0.2, 0.25) is 0 Å². The standard InChI is InChI=1S/C19H22N2O4S/c1-4-21(5-2)19(23)14-10-12-15(13-11-14)20-18(22)16-8-6-7-9-17(16)26(3,24)25/h6-13H,4-5H2,1-3H3,(H,20,22). The van der Waals surface area contributed by atoms with Crippen molar-refractivity contribution in [1.82, 2.24) is 4.90 Å². The summed E-state index contributed by atoms with van der Waals surface area (Å²) in [6.07, 6.45) is 1.06. The van der Waals surface area contributed by atoms with E-state index in [1.807, 2.05) is 13.8 Å². The Hall–Kier alpha value is -2.67. The summed E-state index contributed by atoms with van der Waals surface area (Å²) in [5.74, 6) is -0.593. The fourth-order valence-electron chi connectivity index (χ4n) is 2.57. The van der Waals surface area contributed by atoms with Gasteiger partial charge in [-0.05, 0) is 50.2 Å². The van der Waals surface area contributed by atoms with Crippen molar-refractivity contribution in [3.63, 3.8) is 0 Å². The van der Waals surface area contributed by atoms with E-state index in [0.29, 0.717) is 24.3 Å². The fourth-order valence-corrected chi connectivity index (χ4v) is 3.45. The second-order valence-electron chi connectivity index (χ2n) is 5.78. The summed E-state index contributed by atoms with van der Waals surface area (Å²) < 4.78 is 23.7. The molecular weight excluding hydrogens is 352 g/mol. The number of anilines is 1. The van der Waals surface area contributed by atoms with E-state index in [4.69, 9.17) is 0 Å². The zero-order valence-electron chi connectivity index (χ0n) is 15.0. The van der Waals surface area contributed by atoms with Crippen LogP contribution in [0.25, 0.3) is 0 Å². The number of carbonyl (C=O) groups is 2. The van der Waals surface area contributed by atoms with Crippen LogP contribution in [0.4, 0.5) is 5.69 Å². The van der Waals surface area contributed by atoms with E-state index in [-0.39, 0.29) is 16.4 Å². The number of nitrogens with one attached hydrogen (secondary N) is 1. The van der Waals surface area contributed by atoms with Gasteiger partial charge in [-0.1, -0.05) is 12.1 Å². The molecule has 2 amide bonds. The Labute approximate surface area is 153 Å². The molecule has 7 heteroatoms. The molecule has 0 spiro atoms. The van der Waals surface area contributed by atoms with Gasteiger partial charge in [-0.3, -0.25) is 9.59 Å². The van der Waals surface area contributed by atoms with Gasteiger partial charge < -0.3 is 10.2 Å². The lowest BCUT2D eigenvalue weighted by Gasteiger charge is -2.18. The Morgan fingerprint density at radius 1 is 0.962 bits per heavy atom. The van der Waals surface area contributed by atoms with Gasteiger partial charge in [0.05, 0.1) is 10.5 Å². The molecule has 0 radical (unpaired) electrons. The van der Waals surface area contributed by atoms with E-state index in [2.05, 4.69) is 5.32 Å². The maximum Gasteiger partial charge on any atom is 0.256 e. The Bertz CT molecular complexity index is 901. The maximum atomic E-state index is 12.5. The monoisotopic (exact) mass is 374 g/mol. The lowest BCUT2D eigenvalue weighted by atomic mass is 10.1. The Balaban J connectivity index is 2.20. The molecular formula is C19H22N2O4S. The Morgan fingerprint density at radius 3 is 2.08 bits per heavy atom. The Kier molecular flexibility index (Phi) is 6.15. The first-order valence-corrected chi connectivity index (χ1v) is 10.2. The predicted molar refractivity (Wildman–Crippen MR) is 101 cm³/mol. The summed E-state index contributed by atoms with van der Waals surface area (Å²) in [6.45, 7) is 5.07.